The first-order chi connectivity index (χ1) is 10.8. The average molecular weight is 315 g/mol. The summed E-state index contributed by atoms with van der Waals surface area (Å²) >= 11 is 1.55. The summed E-state index contributed by atoms with van der Waals surface area (Å²) in [4.78, 5) is 13.1. The smallest absolute Gasteiger partial charge is 0.230 e. The molecule has 0 bridgehead atoms. The van der Waals surface area contributed by atoms with Crippen LogP contribution < -0.4 is 5.32 Å². The highest BCUT2D eigenvalue weighted by Crippen LogP contribution is 2.29. The lowest BCUT2D eigenvalue weighted by Crippen LogP contribution is -2.24. The Morgan fingerprint density at radius 2 is 2.23 bits per heavy atom. The molecule has 0 spiro atoms. The van der Waals surface area contributed by atoms with Gasteiger partial charge in [-0.15, -0.1) is 11.8 Å². The van der Waals surface area contributed by atoms with E-state index in [4.69, 9.17) is 4.52 Å². The summed E-state index contributed by atoms with van der Waals surface area (Å²) in [5.41, 5.74) is 1.93. The van der Waals surface area contributed by atoms with Crippen LogP contribution in [0.2, 0.25) is 0 Å². The largest absolute Gasteiger partial charge is 0.364 e. The maximum absolute atomic E-state index is 11.9. The quantitative estimate of drug-likeness (QED) is 0.710. The molecule has 1 amide bonds. The standard InChI is InChI=1S/C16H17N3O2S/c1-2-19-10-15(13-5-3-4-6-14(13)19)22-11-16(20)17-9-12-7-8-21-18-12/h3-8,10H,2,9,11H2,1H3,(H,17,20). The lowest BCUT2D eigenvalue weighted by molar-refractivity contribution is -0.118. The SMILES string of the molecule is CCn1cc(SCC(=O)NCc2ccon2)c2ccccc21. The van der Waals surface area contributed by atoms with Gasteiger partial charge in [-0.3, -0.25) is 4.79 Å². The first-order valence-corrected chi connectivity index (χ1v) is 8.13. The zero-order valence-electron chi connectivity index (χ0n) is 12.3. The Bertz CT molecular complexity index is 765. The van der Waals surface area contributed by atoms with Gasteiger partial charge in [-0.05, 0) is 13.0 Å². The minimum atomic E-state index is -0.0127. The van der Waals surface area contributed by atoms with Crippen LogP contribution in [0.5, 0.6) is 0 Å². The zero-order chi connectivity index (χ0) is 15.4. The van der Waals surface area contributed by atoms with Gasteiger partial charge in [-0.25, -0.2) is 0 Å². The minimum absolute atomic E-state index is 0.0127. The van der Waals surface area contributed by atoms with Crippen molar-refractivity contribution in [2.45, 2.75) is 24.9 Å². The van der Waals surface area contributed by atoms with Crippen molar-refractivity contribution in [3.63, 3.8) is 0 Å². The number of hydrogen-bond acceptors (Lipinski definition) is 4. The van der Waals surface area contributed by atoms with Crippen LogP contribution in [0, 0.1) is 0 Å². The fourth-order valence-corrected chi connectivity index (χ4v) is 3.22. The van der Waals surface area contributed by atoms with Crippen LogP contribution in [-0.2, 0) is 17.9 Å². The molecule has 22 heavy (non-hydrogen) atoms. The van der Waals surface area contributed by atoms with Crippen LogP contribution in [0.25, 0.3) is 10.9 Å². The normalized spacial score (nSPS) is 11.0. The summed E-state index contributed by atoms with van der Waals surface area (Å²) in [7, 11) is 0. The van der Waals surface area contributed by atoms with E-state index in [9.17, 15) is 4.79 Å². The highest BCUT2D eigenvalue weighted by atomic mass is 32.2. The predicted octanol–water partition coefficient (Wildman–Crippen LogP) is 3.06. The molecule has 2 heterocycles. The summed E-state index contributed by atoms with van der Waals surface area (Å²) in [6.45, 7) is 3.43. The van der Waals surface area contributed by atoms with Gasteiger partial charge >= 0.3 is 0 Å². The molecular formula is C16H17N3O2S. The summed E-state index contributed by atoms with van der Waals surface area (Å²) in [6.07, 6.45) is 3.61. The highest BCUT2D eigenvalue weighted by molar-refractivity contribution is 8.00. The van der Waals surface area contributed by atoms with Crippen LogP contribution in [0.1, 0.15) is 12.6 Å². The molecule has 0 saturated carbocycles. The number of nitrogens with zero attached hydrogens (tertiary/aromatic N) is 2. The van der Waals surface area contributed by atoms with E-state index < -0.39 is 0 Å². The molecule has 0 aliphatic rings. The van der Waals surface area contributed by atoms with E-state index in [1.165, 1.54) is 17.2 Å². The van der Waals surface area contributed by atoms with Gasteiger partial charge in [0.05, 0.1) is 12.3 Å². The van der Waals surface area contributed by atoms with E-state index in [1.807, 2.05) is 12.1 Å². The summed E-state index contributed by atoms with van der Waals surface area (Å²) < 4.78 is 6.93. The summed E-state index contributed by atoms with van der Waals surface area (Å²) in [6, 6.07) is 10.00. The van der Waals surface area contributed by atoms with Gasteiger partial charge in [0.15, 0.2) is 0 Å². The van der Waals surface area contributed by atoms with Crippen molar-refractivity contribution in [3.05, 3.63) is 48.5 Å². The van der Waals surface area contributed by atoms with Crippen molar-refractivity contribution in [1.82, 2.24) is 15.0 Å². The van der Waals surface area contributed by atoms with Crippen LogP contribution >= 0.6 is 11.8 Å². The van der Waals surface area contributed by atoms with Crippen LogP contribution in [0.3, 0.4) is 0 Å². The number of rotatable bonds is 6. The Balaban J connectivity index is 1.62. The second kappa shape index (κ2) is 6.70. The molecule has 0 aliphatic carbocycles. The number of carbonyl (C=O) groups is 1. The molecule has 0 unspecified atom stereocenters. The van der Waals surface area contributed by atoms with Gasteiger partial charge in [0.1, 0.15) is 12.0 Å². The Labute approximate surface area is 132 Å². The monoisotopic (exact) mass is 315 g/mol. The number of thioether (sulfide) groups is 1. The second-order valence-corrected chi connectivity index (χ2v) is 5.87. The number of benzene rings is 1. The Kier molecular flexibility index (Phi) is 4.48. The third-order valence-electron chi connectivity index (χ3n) is 3.41. The first kappa shape index (κ1) is 14.7. The van der Waals surface area contributed by atoms with Crippen molar-refractivity contribution in [1.29, 1.82) is 0 Å². The van der Waals surface area contributed by atoms with Crippen LogP contribution in [0.15, 0.2) is 52.2 Å². The molecule has 6 heteroatoms. The lowest BCUT2D eigenvalue weighted by atomic mass is 10.2. The van der Waals surface area contributed by atoms with Crippen LogP contribution in [0.4, 0.5) is 0 Å². The van der Waals surface area contributed by atoms with E-state index in [0.29, 0.717) is 12.3 Å². The molecular weight excluding hydrogens is 298 g/mol. The second-order valence-electron chi connectivity index (χ2n) is 4.85. The lowest BCUT2D eigenvalue weighted by Gasteiger charge is -2.02. The Morgan fingerprint density at radius 3 is 3.00 bits per heavy atom. The number of nitrogens with one attached hydrogen (secondary N) is 1. The fourth-order valence-electron chi connectivity index (χ4n) is 2.30. The summed E-state index contributed by atoms with van der Waals surface area (Å²) in [5.74, 6) is 0.372. The molecule has 2 aromatic heterocycles. The highest BCUT2D eigenvalue weighted by Gasteiger charge is 2.10. The van der Waals surface area contributed by atoms with E-state index in [1.54, 1.807) is 17.8 Å². The van der Waals surface area contributed by atoms with E-state index in [2.05, 4.69) is 40.3 Å². The summed E-state index contributed by atoms with van der Waals surface area (Å²) in [5, 5.41) is 7.79. The van der Waals surface area contributed by atoms with E-state index >= 15 is 0 Å². The van der Waals surface area contributed by atoms with E-state index in [-0.39, 0.29) is 5.91 Å². The Morgan fingerprint density at radius 1 is 1.36 bits per heavy atom. The molecule has 3 aromatic rings. The molecule has 1 N–H and O–H groups in total. The molecule has 0 radical (unpaired) electrons. The third kappa shape index (κ3) is 3.17. The Hall–Kier alpha value is -2.21. The molecule has 1 aromatic carbocycles. The van der Waals surface area contributed by atoms with Crippen molar-refractivity contribution in [2.75, 3.05) is 5.75 Å². The van der Waals surface area contributed by atoms with Gasteiger partial charge in [-0.1, -0.05) is 23.4 Å². The first-order valence-electron chi connectivity index (χ1n) is 7.14. The van der Waals surface area contributed by atoms with Gasteiger partial charge < -0.3 is 14.4 Å². The maximum atomic E-state index is 11.9. The third-order valence-corrected chi connectivity index (χ3v) is 4.45. The van der Waals surface area contributed by atoms with Gasteiger partial charge in [-0.2, -0.15) is 0 Å². The number of para-hydroxylation sites is 1. The van der Waals surface area contributed by atoms with Crippen molar-refractivity contribution in [3.8, 4) is 0 Å². The van der Waals surface area contributed by atoms with Crippen LogP contribution in [-0.4, -0.2) is 21.4 Å². The molecule has 0 saturated heterocycles. The predicted molar refractivity (Wildman–Crippen MR) is 86.7 cm³/mol. The number of fused-ring (bicyclic) bond motifs is 1. The van der Waals surface area contributed by atoms with Crippen molar-refractivity contribution in [2.24, 2.45) is 0 Å². The molecule has 0 atom stereocenters. The number of carbonyl (C=O) groups excluding carboxylic acids is 1. The molecule has 114 valence electrons. The molecule has 5 nitrogen and oxygen atoms in total. The number of hydrogen-bond donors (Lipinski definition) is 1. The molecule has 0 aliphatic heterocycles. The zero-order valence-corrected chi connectivity index (χ0v) is 13.1. The van der Waals surface area contributed by atoms with Gasteiger partial charge in [0.2, 0.25) is 5.91 Å². The number of amides is 1. The number of aromatic nitrogens is 2. The molecule has 3 rings (SSSR count). The van der Waals surface area contributed by atoms with E-state index in [0.717, 1.165) is 17.1 Å². The fraction of sp³-hybridized carbons (Fsp3) is 0.250. The van der Waals surface area contributed by atoms with Gasteiger partial charge in [0, 0.05) is 34.6 Å². The maximum Gasteiger partial charge on any atom is 0.230 e. The minimum Gasteiger partial charge on any atom is -0.364 e. The number of aryl methyl sites for hydroxylation is 1. The van der Waals surface area contributed by atoms with Crippen molar-refractivity contribution < 1.29 is 9.32 Å². The topological polar surface area (TPSA) is 60.1 Å². The van der Waals surface area contributed by atoms with Crippen molar-refractivity contribution >= 4 is 28.6 Å². The average Bonchev–Trinajstić information content (AvgIpc) is 3.18. The van der Waals surface area contributed by atoms with Gasteiger partial charge in [0.25, 0.3) is 0 Å². The molecule has 0 fully saturated rings.